The summed E-state index contributed by atoms with van der Waals surface area (Å²) in [5.41, 5.74) is 2.06. The topological polar surface area (TPSA) is 41.1 Å². The van der Waals surface area contributed by atoms with Gasteiger partial charge in [-0.05, 0) is 69.8 Å². The number of carbonyl (C=O) groups excluding carboxylic acids is 1. The van der Waals surface area contributed by atoms with Gasteiger partial charge in [-0.2, -0.15) is 0 Å². The van der Waals surface area contributed by atoms with E-state index in [9.17, 15) is 4.79 Å². The molecule has 1 rings (SSSR count). The van der Waals surface area contributed by atoms with E-state index in [2.05, 4.69) is 49.4 Å². The summed E-state index contributed by atoms with van der Waals surface area (Å²) in [5.74, 6) is 0.0211. The number of anilines is 1. The van der Waals surface area contributed by atoms with Gasteiger partial charge in [0.1, 0.15) is 6.04 Å². The van der Waals surface area contributed by atoms with E-state index >= 15 is 0 Å². The van der Waals surface area contributed by atoms with E-state index in [0.29, 0.717) is 0 Å². The Labute approximate surface area is 131 Å². The number of halogens is 2. The van der Waals surface area contributed by atoms with Crippen LogP contribution < -0.4 is 10.6 Å². The van der Waals surface area contributed by atoms with Crippen molar-refractivity contribution in [3.63, 3.8) is 0 Å². The fourth-order valence-corrected chi connectivity index (χ4v) is 3.31. The first-order chi connectivity index (χ1) is 8.95. The summed E-state index contributed by atoms with van der Waals surface area (Å²) in [6, 6.07) is 3.77. The molecule has 0 radical (unpaired) electrons. The number of aryl methyl sites for hydroxylation is 1. The van der Waals surface area contributed by atoms with Crippen molar-refractivity contribution < 1.29 is 4.79 Å². The summed E-state index contributed by atoms with van der Waals surface area (Å²) < 4.78 is 1.90. The predicted molar refractivity (Wildman–Crippen MR) is 87.6 cm³/mol. The van der Waals surface area contributed by atoms with E-state index in [1.807, 2.05) is 26.0 Å². The quantitative estimate of drug-likeness (QED) is 0.712. The van der Waals surface area contributed by atoms with Crippen LogP contribution in [0.25, 0.3) is 0 Å². The van der Waals surface area contributed by atoms with Gasteiger partial charge >= 0.3 is 0 Å². The maximum atomic E-state index is 11.9. The van der Waals surface area contributed by atoms with Gasteiger partial charge in [0.2, 0.25) is 5.91 Å². The second-order valence-electron chi connectivity index (χ2n) is 4.61. The minimum Gasteiger partial charge on any atom is -0.372 e. The Morgan fingerprint density at radius 1 is 1.32 bits per heavy atom. The van der Waals surface area contributed by atoms with E-state index in [0.717, 1.165) is 39.6 Å². The molecule has 0 aliphatic heterocycles. The molecular weight excluding hydrogens is 372 g/mol. The Morgan fingerprint density at radius 3 is 2.42 bits per heavy atom. The van der Waals surface area contributed by atoms with Crippen LogP contribution >= 0.6 is 31.9 Å². The number of amides is 1. The van der Waals surface area contributed by atoms with Gasteiger partial charge in [0.15, 0.2) is 0 Å². The smallest absolute Gasteiger partial charge is 0.242 e. The molecule has 3 nitrogen and oxygen atoms in total. The molecule has 1 aromatic rings. The Bertz CT molecular complexity index is 426. The first-order valence-electron chi connectivity index (χ1n) is 6.45. The summed E-state index contributed by atoms with van der Waals surface area (Å²) in [5, 5.41) is 6.15. The van der Waals surface area contributed by atoms with Gasteiger partial charge in [-0.25, -0.2) is 0 Å². The normalized spacial score (nSPS) is 12.1. The zero-order valence-electron chi connectivity index (χ0n) is 11.5. The highest BCUT2D eigenvalue weighted by Crippen LogP contribution is 2.32. The van der Waals surface area contributed by atoms with Crippen molar-refractivity contribution in [3.8, 4) is 0 Å². The lowest BCUT2D eigenvalue weighted by molar-refractivity contribution is -0.121. The lowest BCUT2D eigenvalue weighted by Gasteiger charge is -2.18. The molecule has 2 N–H and O–H groups in total. The molecule has 0 fully saturated rings. The van der Waals surface area contributed by atoms with Crippen LogP contribution in [0, 0.1) is 6.92 Å². The molecule has 0 aliphatic carbocycles. The highest BCUT2D eigenvalue weighted by Gasteiger charge is 2.15. The molecule has 0 bridgehead atoms. The van der Waals surface area contributed by atoms with E-state index in [1.54, 1.807) is 0 Å². The van der Waals surface area contributed by atoms with Crippen molar-refractivity contribution in [1.82, 2.24) is 5.32 Å². The molecule has 0 saturated heterocycles. The van der Waals surface area contributed by atoms with Crippen molar-refractivity contribution in [3.05, 3.63) is 26.6 Å². The summed E-state index contributed by atoms with van der Waals surface area (Å²) in [6.07, 6.45) is 2.09. The summed E-state index contributed by atoms with van der Waals surface area (Å²) in [6.45, 7) is 6.73. The second-order valence-corrected chi connectivity index (χ2v) is 6.32. The number of hydrogen-bond donors (Lipinski definition) is 2. The van der Waals surface area contributed by atoms with Crippen LogP contribution in [0.4, 0.5) is 5.69 Å². The Morgan fingerprint density at radius 2 is 1.89 bits per heavy atom. The van der Waals surface area contributed by atoms with Crippen LogP contribution in [0.2, 0.25) is 0 Å². The van der Waals surface area contributed by atoms with Gasteiger partial charge in [-0.3, -0.25) is 4.79 Å². The Hall–Kier alpha value is -0.550. The van der Waals surface area contributed by atoms with Gasteiger partial charge in [0, 0.05) is 15.5 Å². The van der Waals surface area contributed by atoms with Gasteiger partial charge in [0.05, 0.1) is 5.69 Å². The number of hydrogen-bond acceptors (Lipinski definition) is 2. The number of carbonyl (C=O) groups is 1. The lowest BCUT2D eigenvalue weighted by Crippen LogP contribution is -2.38. The van der Waals surface area contributed by atoms with Crippen LogP contribution in [0.3, 0.4) is 0 Å². The molecular formula is C14H20Br2N2O. The first-order valence-corrected chi connectivity index (χ1v) is 8.04. The number of unbranched alkanes of at least 4 members (excludes halogenated alkanes) is 1. The highest BCUT2D eigenvalue weighted by atomic mass is 79.9. The average Bonchev–Trinajstić information content (AvgIpc) is 2.33. The Kier molecular flexibility index (Phi) is 6.86. The molecule has 1 amide bonds. The highest BCUT2D eigenvalue weighted by molar-refractivity contribution is 9.11. The van der Waals surface area contributed by atoms with Gasteiger partial charge < -0.3 is 10.6 Å². The van der Waals surface area contributed by atoms with Crippen LogP contribution in [0.1, 0.15) is 32.3 Å². The summed E-state index contributed by atoms with van der Waals surface area (Å²) in [7, 11) is 0. The minimum atomic E-state index is -0.271. The van der Waals surface area contributed by atoms with Crippen molar-refractivity contribution in [2.75, 3.05) is 11.9 Å². The molecule has 19 heavy (non-hydrogen) atoms. The molecule has 1 unspecified atom stereocenters. The van der Waals surface area contributed by atoms with Crippen LogP contribution in [-0.4, -0.2) is 18.5 Å². The molecule has 5 heteroatoms. The fourth-order valence-electron chi connectivity index (χ4n) is 1.66. The van der Waals surface area contributed by atoms with Crippen LogP contribution in [0.5, 0.6) is 0 Å². The van der Waals surface area contributed by atoms with Crippen LogP contribution in [-0.2, 0) is 4.79 Å². The maximum absolute atomic E-state index is 11.9. The third-order valence-corrected chi connectivity index (χ3v) is 4.02. The van der Waals surface area contributed by atoms with E-state index < -0.39 is 0 Å². The molecule has 0 aliphatic rings. The van der Waals surface area contributed by atoms with Crippen molar-refractivity contribution in [2.45, 2.75) is 39.7 Å². The second kappa shape index (κ2) is 7.90. The SMILES string of the molecule is CCCCNC(=O)C(C)Nc1c(Br)cc(C)cc1Br. The molecule has 1 aromatic carbocycles. The van der Waals surface area contributed by atoms with Crippen LogP contribution in [0.15, 0.2) is 21.1 Å². The molecule has 1 atom stereocenters. The zero-order chi connectivity index (χ0) is 14.4. The standard InChI is InChI=1S/C14H20Br2N2O/c1-4-5-6-17-14(19)10(3)18-13-11(15)7-9(2)8-12(13)16/h7-8,10,18H,4-6H2,1-3H3,(H,17,19). The predicted octanol–water partition coefficient (Wildman–Crippen LogP) is 4.24. The number of nitrogens with one attached hydrogen (secondary N) is 2. The van der Waals surface area contributed by atoms with Gasteiger partial charge in [-0.1, -0.05) is 13.3 Å². The van der Waals surface area contributed by atoms with E-state index in [4.69, 9.17) is 0 Å². The number of rotatable bonds is 6. The molecule has 106 valence electrons. The van der Waals surface area contributed by atoms with Crippen molar-refractivity contribution >= 4 is 43.5 Å². The number of benzene rings is 1. The zero-order valence-corrected chi connectivity index (χ0v) is 14.7. The fraction of sp³-hybridized carbons (Fsp3) is 0.500. The average molecular weight is 392 g/mol. The largest absolute Gasteiger partial charge is 0.372 e. The lowest BCUT2D eigenvalue weighted by atomic mass is 10.2. The molecule has 0 spiro atoms. The molecule has 0 heterocycles. The first kappa shape index (κ1) is 16.5. The monoisotopic (exact) mass is 390 g/mol. The van der Waals surface area contributed by atoms with Gasteiger partial charge in [-0.15, -0.1) is 0 Å². The summed E-state index contributed by atoms with van der Waals surface area (Å²) in [4.78, 5) is 11.9. The Balaban J connectivity index is 2.66. The molecule has 0 aromatic heterocycles. The molecule has 0 saturated carbocycles. The maximum Gasteiger partial charge on any atom is 0.242 e. The third-order valence-electron chi connectivity index (χ3n) is 2.77. The van der Waals surface area contributed by atoms with E-state index in [1.165, 1.54) is 0 Å². The summed E-state index contributed by atoms with van der Waals surface area (Å²) >= 11 is 7.03. The van der Waals surface area contributed by atoms with Crippen molar-refractivity contribution in [1.29, 1.82) is 0 Å². The third kappa shape index (κ3) is 5.15. The van der Waals surface area contributed by atoms with Gasteiger partial charge in [0.25, 0.3) is 0 Å². The van der Waals surface area contributed by atoms with Crippen molar-refractivity contribution in [2.24, 2.45) is 0 Å². The minimum absolute atomic E-state index is 0.0211. The van der Waals surface area contributed by atoms with E-state index in [-0.39, 0.29) is 11.9 Å².